The van der Waals surface area contributed by atoms with E-state index in [1.165, 1.54) is 28.0 Å². The van der Waals surface area contributed by atoms with Crippen LogP contribution in [0.4, 0.5) is 9.52 Å². The quantitative estimate of drug-likeness (QED) is 0.277. The molecule has 33 heavy (non-hydrogen) atoms. The van der Waals surface area contributed by atoms with Crippen LogP contribution >= 0.6 is 34.7 Å². The lowest BCUT2D eigenvalue weighted by Crippen LogP contribution is -2.26. The molecular formula is C22H18ClFN4O3S2. The number of carbonyl (C=O) groups is 1. The second kappa shape index (κ2) is 10.4. The molecule has 0 unspecified atom stereocenters. The maximum Gasteiger partial charge on any atom is 0.262 e. The van der Waals surface area contributed by atoms with Gasteiger partial charge in [0.1, 0.15) is 5.82 Å². The Morgan fingerprint density at radius 2 is 2.03 bits per heavy atom. The molecule has 2 heterocycles. The van der Waals surface area contributed by atoms with Crippen molar-refractivity contribution in [2.45, 2.75) is 11.7 Å². The molecule has 170 valence electrons. The number of fused-ring (bicyclic) bond motifs is 1. The van der Waals surface area contributed by atoms with E-state index in [4.69, 9.17) is 16.3 Å². The molecule has 0 bridgehead atoms. The molecule has 0 aliphatic heterocycles. The number of carbonyl (C=O) groups excluding carboxylic acids is 1. The number of thiazole rings is 1. The Morgan fingerprint density at radius 3 is 2.79 bits per heavy atom. The predicted octanol–water partition coefficient (Wildman–Crippen LogP) is 4.69. The maximum atomic E-state index is 13.1. The number of amides is 1. The number of thioether (sulfide) groups is 1. The average molecular weight is 505 g/mol. The molecule has 0 spiro atoms. The highest BCUT2D eigenvalue weighted by atomic mass is 35.5. The van der Waals surface area contributed by atoms with Gasteiger partial charge in [0.2, 0.25) is 5.91 Å². The summed E-state index contributed by atoms with van der Waals surface area (Å²) in [7, 11) is 1.55. The molecule has 0 aliphatic rings. The molecule has 2 aromatic heterocycles. The van der Waals surface area contributed by atoms with Crippen LogP contribution in [0.5, 0.6) is 0 Å². The fraction of sp³-hybridized carbons (Fsp3) is 0.182. The van der Waals surface area contributed by atoms with Crippen molar-refractivity contribution >= 4 is 56.6 Å². The third-order valence-electron chi connectivity index (χ3n) is 4.62. The second-order valence-electron chi connectivity index (χ2n) is 6.89. The van der Waals surface area contributed by atoms with Crippen LogP contribution in [0.1, 0.15) is 0 Å². The van der Waals surface area contributed by atoms with Gasteiger partial charge in [0.05, 0.1) is 35.5 Å². The summed E-state index contributed by atoms with van der Waals surface area (Å²) in [5.74, 6) is -0.594. The second-order valence-corrected chi connectivity index (χ2v) is 9.12. The van der Waals surface area contributed by atoms with Crippen LogP contribution in [0.15, 0.2) is 57.8 Å². The summed E-state index contributed by atoms with van der Waals surface area (Å²) in [6.45, 7) is 0.629. The molecule has 0 fully saturated rings. The molecule has 4 aromatic rings. The lowest BCUT2D eigenvalue weighted by Gasteiger charge is -2.12. The first-order valence-electron chi connectivity index (χ1n) is 9.78. The minimum Gasteiger partial charge on any atom is -0.383 e. The van der Waals surface area contributed by atoms with Gasteiger partial charge < -0.3 is 10.1 Å². The van der Waals surface area contributed by atoms with E-state index in [0.29, 0.717) is 45.1 Å². The van der Waals surface area contributed by atoms with Gasteiger partial charge in [0.15, 0.2) is 10.3 Å². The first-order chi connectivity index (χ1) is 15.9. The van der Waals surface area contributed by atoms with Crippen LogP contribution in [0.3, 0.4) is 0 Å². The Hall–Kier alpha value is -2.79. The number of halogens is 2. The summed E-state index contributed by atoms with van der Waals surface area (Å²) in [5.41, 5.74) is 1.64. The Kier molecular flexibility index (Phi) is 7.39. The van der Waals surface area contributed by atoms with Crippen molar-refractivity contribution in [3.05, 3.63) is 69.0 Å². The number of methoxy groups -OCH3 is 1. The highest BCUT2D eigenvalue weighted by molar-refractivity contribution is 7.99. The summed E-state index contributed by atoms with van der Waals surface area (Å²) < 4.78 is 19.7. The van der Waals surface area contributed by atoms with Crippen LogP contribution in [0.25, 0.3) is 22.2 Å². The van der Waals surface area contributed by atoms with Gasteiger partial charge in [0, 0.05) is 23.1 Å². The molecule has 11 heteroatoms. The van der Waals surface area contributed by atoms with Gasteiger partial charge in [-0.3, -0.25) is 14.2 Å². The number of rotatable bonds is 8. The van der Waals surface area contributed by atoms with Gasteiger partial charge >= 0.3 is 0 Å². The van der Waals surface area contributed by atoms with E-state index in [0.717, 1.165) is 17.3 Å². The van der Waals surface area contributed by atoms with Crippen LogP contribution < -0.4 is 10.9 Å². The Balaban J connectivity index is 1.49. The summed E-state index contributed by atoms with van der Waals surface area (Å²) in [5, 5.41) is 6.27. The van der Waals surface area contributed by atoms with E-state index in [9.17, 15) is 14.0 Å². The fourth-order valence-corrected chi connectivity index (χ4v) is 4.76. The number of benzene rings is 2. The van der Waals surface area contributed by atoms with Crippen LogP contribution in [-0.2, 0) is 16.1 Å². The summed E-state index contributed by atoms with van der Waals surface area (Å²) in [6.07, 6.45) is 0. The number of nitrogens with zero attached hydrogens (tertiary/aromatic N) is 3. The summed E-state index contributed by atoms with van der Waals surface area (Å²) >= 11 is 8.47. The molecule has 7 nitrogen and oxygen atoms in total. The van der Waals surface area contributed by atoms with Gasteiger partial charge in [0.25, 0.3) is 5.56 Å². The van der Waals surface area contributed by atoms with Crippen LogP contribution in [-0.4, -0.2) is 39.9 Å². The average Bonchev–Trinajstić information content (AvgIpc) is 3.26. The van der Waals surface area contributed by atoms with E-state index in [2.05, 4.69) is 15.3 Å². The van der Waals surface area contributed by atoms with E-state index >= 15 is 0 Å². The summed E-state index contributed by atoms with van der Waals surface area (Å²) in [6, 6.07) is 10.9. The first-order valence-corrected chi connectivity index (χ1v) is 12.0. The largest absolute Gasteiger partial charge is 0.383 e. The smallest absolute Gasteiger partial charge is 0.262 e. The Bertz CT molecular complexity index is 1360. The van der Waals surface area contributed by atoms with Crippen molar-refractivity contribution < 1.29 is 13.9 Å². The zero-order chi connectivity index (χ0) is 23.4. The molecule has 4 rings (SSSR count). The summed E-state index contributed by atoms with van der Waals surface area (Å²) in [4.78, 5) is 34.4. The number of nitrogens with one attached hydrogen (secondary N) is 1. The van der Waals surface area contributed by atoms with Crippen LogP contribution in [0.2, 0.25) is 5.02 Å². The molecule has 2 aromatic carbocycles. The Labute approximate surface area is 201 Å². The highest BCUT2D eigenvalue weighted by Gasteiger charge is 2.15. The fourth-order valence-electron chi connectivity index (χ4n) is 3.03. The van der Waals surface area contributed by atoms with Gasteiger partial charge in [-0.05, 0) is 42.5 Å². The van der Waals surface area contributed by atoms with Crippen molar-refractivity contribution in [2.75, 3.05) is 24.8 Å². The number of anilines is 1. The third-order valence-corrected chi connectivity index (χ3v) is 6.59. The zero-order valence-corrected chi connectivity index (χ0v) is 19.8. The maximum absolute atomic E-state index is 13.1. The first kappa shape index (κ1) is 23.4. The lowest BCUT2D eigenvalue weighted by atomic mass is 10.2. The minimum absolute atomic E-state index is 0.0248. The SMILES string of the molecule is COCCn1c(SCC(=O)Nc2nc(-c3ccc(F)cc3)cs2)nc2cc(Cl)ccc2c1=O. The number of ether oxygens (including phenoxy) is 1. The van der Waals surface area contributed by atoms with E-state index in [1.54, 1.807) is 42.8 Å². The minimum atomic E-state index is -0.326. The van der Waals surface area contributed by atoms with Crippen molar-refractivity contribution in [2.24, 2.45) is 0 Å². The van der Waals surface area contributed by atoms with Gasteiger partial charge in [-0.25, -0.2) is 14.4 Å². The molecule has 0 saturated heterocycles. The standard InChI is InChI=1S/C22H18ClFN4O3S2/c1-31-9-8-28-20(30)16-7-4-14(23)10-17(16)26-22(28)33-12-19(29)27-21-25-18(11-32-21)13-2-5-15(24)6-3-13/h2-7,10-11H,8-9,12H2,1H3,(H,25,27,29). The van der Waals surface area contributed by atoms with E-state index in [-0.39, 0.29) is 23.0 Å². The number of hydrogen-bond donors (Lipinski definition) is 1. The molecule has 0 atom stereocenters. The van der Waals surface area contributed by atoms with E-state index in [1.807, 2.05) is 0 Å². The van der Waals surface area contributed by atoms with Crippen molar-refractivity contribution in [1.29, 1.82) is 0 Å². The van der Waals surface area contributed by atoms with Gasteiger partial charge in [-0.15, -0.1) is 11.3 Å². The monoisotopic (exact) mass is 504 g/mol. The normalized spacial score (nSPS) is 11.1. The topological polar surface area (TPSA) is 86.1 Å². The number of aromatic nitrogens is 3. The van der Waals surface area contributed by atoms with Crippen molar-refractivity contribution in [3.63, 3.8) is 0 Å². The molecule has 0 saturated carbocycles. The molecule has 0 aliphatic carbocycles. The van der Waals surface area contributed by atoms with Crippen molar-refractivity contribution in [3.8, 4) is 11.3 Å². The Morgan fingerprint density at radius 1 is 1.24 bits per heavy atom. The van der Waals surface area contributed by atoms with Gasteiger partial charge in [-0.2, -0.15) is 0 Å². The zero-order valence-electron chi connectivity index (χ0n) is 17.4. The predicted molar refractivity (Wildman–Crippen MR) is 130 cm³/mol. The molecule has 1 amide bonds. The van der Waals surface area contributed by atoms with Gasteiger partial charge in [-0.1, -0.05) is 23.4 Å². The third kappa shape index (κ3) is 5.59. The molecular weight excluding hydrogens is 487 g/mol. The molecule has 0 radical (unpaired) electrons. The number of hydrogen-bond acceptors (Lipinski definition) is 7. The molecule has 1 N–H and O–H groups in total. The van der Waals surface area contributed by atoms with E-state index < -0.39 is 0 Å². The highest BCUT2D eigenvalue weighted by Crippen LogP contribution is 2.26. The van der Waals surface area contributed by atoms with Crippen molar-refractivity contribution in [1.82, 2.24) is 14.5 Å². The lowest BCUT2D eigenvalue weighted by molar-refractivity contribution is -0.113. The van der Waals surface area contributed by atoms with Crippen LogP contribution in [0, 0.1) is 5.82 Å².